The van der Waals surface area contributed by atoms with Crippen LogP contribution in [0.25, 0.3) is 32.9 Å². The highest BCUT2D eigenvalue weighted by Crippen LogP contribution is 2.47. The number of hydrogen-bond donors (Lipinski definition) is 3. The fraction of sp³-hybridized carbons (Fsp3) is 0.490. The molecule has 3 aromatic carbocycles. The molecule has 5 aromatic rings. The summed E-state index contributed by atoms with van der Waals surface area (Å²) in [6, 6.07) is 10.8. The van der Waals surface area contributed by atoms with Gasteiger partial charge in [-0.3, -0.25) is 29.6 Å². The van der Waals surface area contributed by atoms with Crippen molar-refractivity contribution in [3.05, 3.63) is 76.4 Å². The van der Waals surface area contributed by atoms with Crippen LogP contribution in [0.1, 0.15) is 74.2 Å². The molecule has 1 saturated carbocycles. The summed E-state index contributed by atoms with van der Waals surface area (Å²) >= 11 is 6.44. The number of carbonyl (C=O) groups excluding carboxylic acids is 3. The van der Waals surface area contributed by atoms with Crippen LogP contribution in [-0.4, -0.2) is 141 Å². The monoisotopic (exact) mass is 963 g/mol. The Kier molecular flexibility index (Phi) is 11.8. The van der Waals surface area contributed by atoms with Crippen molar-refractivity contribution in [1.82, 2.24) is 35.0 Å². The third-order valence-corrected chi connectivity index (χ3v) is 15.7. The SMILES string of the molecule is C[C@@]1(O)CCCN(c2nc(OCC3(CN4CCC(CN5CCN(c6ccc7c(c6)CN([C@H]6CCC(=O)NC6=O)C7=O)CC5)CC4)CC3)nc3c(F)c(-c4cc(O)cc5ccc(F)c(Cl)c45)ncc23)C1. The smallest absolute Gasteiger partial charge is 0.319 e. The lowest BCUT2D eigenvalue weighted by Gasteiger charge is -2.40. The number of anilines is 2. The number of fused-ring (bicyclic) bond motifs is 3. The predicted molar refractivity (Wildman–Crippen MR) is 256 cm³/mol. The van der Waals surface area contributed by atoms with Gasteiger partial charge in [-0.15, -0.1) is 0 Å². The van der Waals surface area contributed by atoms with Gasteiger partial charge in [0.25, 0.3) is 5.91 Å². The van der Waals surface area contributed by atoms with E-state index in [9.17, 15) is 29.0 Å². The first-order valence-electron chi connectivity index (χ1n) is 24.2. The lowest BCUT2D eigenvalue weighted by atomic mass is 9.94. The molecule has 6 aliphatic rings. The zero-order chi connectivity index (χ0) is 47.8. The number of phenolic OH excluding ortho intramolecular Hbond substituents is 1. The number of nitrogens with zero attached hydrogens (tertiary/aromatic N) is 8. The first-order valence-corrected chi connectivity index (χ1v) is 24.6. The summed E-state index contributed by atoms with van der Waals surface area (Å²) < 4.78 is 38.2. The number of piperidine rings is 3. The molecule has 4 saturated heterocycles. The van der Waals surface area contributed by atoms with E-state index in [-0.39, 0.29) is 69.1 Å². The Morgan fingerprint density at radius 3 is 2.45 bits per heavy atom. The number of aliphatic hydroxyl groups is 1. The van der Waals surface area contributed by atoms with Crippen LogP contribution in [0, 0.1) is 23.0 Å². The Bertz CT molecular complexity index is 2880. The molecule has 2 atom stereocenters. The average Bonchev–Trinajstić information content (AvgIpc) is 4.02. The molecule has 0 spiro atoms. The Morgan fingerprint density at radius 1 is 0.899 bits per heavy atom. The van der Waals surface area contributed by atoms with Gasteiger partial charge in [0.2, 0.25) is 11.8 Å². The first-order chi connectivity index (χ1) is 33.2. The number of nitrogens with one attached hydrogen (secondary N) is 1. The molecule has 11 rings (SSSR count). The number of ether oxygens (including phenoxy) is 1. The molecule has 0 unspecified atom stereocenters. The van der Waals surface area contributed by atoms with Crippen molar-refractivity contribution in [3.8, 4) is 23.0 Å². The standard InChI is InChI=1S/C51H56ClF2N9O6/c1-50(68)11-2-14-62(27-50)46-37-24-55-44(36-23-34(64)22-31-3-6-38(53)42(52)41(31)36)43(54)45(37)57-49(58-46)69-29-51(12-13-51)28-60-15-9-30(10-16-60)25-59-17-19-61(20-18-59)33-4-5-35-32(21-33)26-63(48(35)67)39-7-8-40(65)56-47(39)66/h3-6,21-24,30,39,64,68H,2,7-20,25-29H2,1H3,(H,56,65,66)/t39-,50+/m0/s1. The van der Waals surface area contributed by atoms with E-state index >= 15 is 4.39 Å². The molecule has 69 heavy (non-hydrogen) atoms. The number of carbonyl (C=O) groups is 3. The topological polar surface area (TPSA) is 168 Å². The van der Waals surface area contributed by atoms with E-state index in [1.807, 2.05) is 17.0 Å². The van der Waals surface area contributed by atoms with Gasteiger partial charge in [0.1, 0.15) is 34.6 Å². The molecule has 5 aliphatic heterocycles. The summed E-state index contributed by atoms with van der Waals surface area (Å²) in [6.07, 6.45) is 7.59. The van der Waals surface area contributed by atoms with Gasteiger partial charge < -0.3 is 34.5 Å². The van der Waals surface area contributed by atoms with E-state index in [0.717, 1.165) is 89.3 Å². The average molecular weight is 965 g/mol. The van der Waals surface area contributed by atoms with Crippen molar-refractivity contribution < 1.29 is 38.1 Å². The van der Waals surface area contributed by atoms with Gasteiger partial charge in [0.05, 0.1) is 22.6 Å². The molecule has 362 valence electrons. The third kappa shape index (κ3) is 9.02. The minimum absolute atomic E-state index is 0.0244. The molecule has 7 heterocycles. The number of phenols is 1. The number of hydrogen-bond acceptors (Lipinski definition) is 13. The highest BCUT2D eigenvalue weighted by molar-refractivity contribution is 6.37. The second-order valence-electron chi connectivity index (χ2n) is 20.5. The van der Waals surface area contributed by atoms with E-state index in [1.54, 1.807) is 11.8 Å². The van der Waals surface area contributed by atoms with Crippen molar-refractivity contribution in [2.75, 3.05) is 81.9 Å². The van der Waals surface area contributed by atoms with Crippen LogP contribution in [0.2, 0.25) is 5.02 Å². The number of β-amino-alcohol motifs (C(OH)–C–C–N with tert-alkyl or cyclic N) is 1. The van der Waals surface area contributed by atoms with E-state index in [2.05, 4.69) is 36.1 Å². The van der Waals surface area contributed by atoms with Gasteiger partial charge in [-0.1, -0.05) is 17.7 Å². The predicted octanol–water partition coefficient (Wildman–Crippen LogP) is 6.29. The van der Waals surface area contributed by atoms with Crippen molar-refractivity contribution >= 4 is 62.5 Å². The number of aromatic nitrogens is 3. The largest absolute Gasteiger partial charge is 0.508 e. The minimum atomic E-state index is -0.981. The van der Waals surface area contributed by atoms with Crippen molar-refractivity contribution in [2.24, 2.45) is 11.3 Å². The molecule has 1 aliphatic carbocycles. The Labute approximate surface area is 403 Å². The molecular formula is C51H56ClF2N9O6. The van der Waals surface area contributed by atoms with E-state index in [4.69, 9.17) is 21.3 Å². The number of rotatable bonds is 11. The van der Waals surface area contributed by atoms with Crippen LogP contribution in [-0.2, 0) is 16.1 Å². The van der Waals surface area contributed by atoms with Gasteiger partial charge >= 0.3 is 6.01 Å². The van der Waals surface area contributed by atoms with Crippen molar-refractivity contribution in [3.63, 3.8) is 0 Å². The summed E-state index contributed by atoms with van der Waals surface area (Å²) in [5.41, 5.74) is 1.51. The first kappa shape index (κ1) is 45.7. The Morgan fingerprint density at radius 2 is 1.70 bits per heavy atom. The number of halogens is 3. The van der Waals surface area contributed by atoms with Crippen molar-refractivity contribution in [1.29, 1.82) is 0 Å². The van der Waals surface area contributed by atoms with E-state index in [1.165, 1.54) is 30.5 Å². The number of amides is 3. The Balaban J connectivity index is 0.718. The van der Waals surface area contributed by atoms with Crippen molar-refractivity contribution in [2.45, 2.75) is 76.5 Å². The molecule has 0 radical (unpaired) electrons. The van der Waals surface area contributed by atoms with Crippen LogP contribution in [0.4, 0.5) is 20.3 Å². The van der Waals surface area contributed by atoms with Gasteiger partial charge in [0.15, 0.2) is 5.82 Å². The lowest BCUT2D eigenvalue weighted by Crippen LogP contribution is -2.52. The Hall–Kier alpha value is -5.75. The number of aromatic hydroxyl groups is 1. The van der Waals surface area contributed by atoms with Crippen LogP contribution >= 0.6 is 11.6 Å². The summed E-state index contributed by atoms with van der Waals surface area (Å²) in [6.45, 7) is 11.0. The summed E-state index contributed by atoms with van der Waals surface area (Å²) in [5.74, 6) is -1.46. The fourth-order valence-electron chi connectivity index (χ4n) is 11.3. The molecule has 2 aromatic heterocycles. The van der Waals surface area contributed by atoms with Crippen LogP contribution in [0.5, 0.6) is 11.8 Å². The van der Waals surface area contributed by atoms with Gasteiger partial charge in [0, 0.05) is 99.1 Å². The maximum atomic E-state index is 17.0. The van der Waals surface area contributed by atoms with Gasteiger partial charge in [-0.2, -0.15) is 9.97 Å². The maximum absolute atomic E-state index is 17.0. The summed E-state index contributed by atoms with van der Waals surface area (Å²) in [7, 11) is 0. The van der Waals surface area contributed by atoms with E-state index < -0.39 is 29.2 Å². The van der Waals surface area contributed by atoms with Crippen LogP contribution in [0.15, 0.2) is 48.7 Å². The minimum Gasteiger partial charge on any atom is -0.508 e. The van der Waals surface area contributed by atoms with Crippen LogP contribution < -0.4 is 19.9 Å². The fourth-order valence-corrected chi connectivity index (χ4v) is 11.6. The number of benzene rings is 3. The summed E-state index contributed by atoms with van der Waals surface area (Å²) in [4.78, 5) is 62.4. The second kappa shape index (κ2) is 17.9. The molecule has 15 nitrogen and oxygen atoms in total. The zero-order valence-electron chi connectivity index (χ0n) is 38.7. The quantitative estimate of drug-likeness (QED) is 0.127. The molecule has 3 amide bonds. The molecule has 0 bridgehead atoms. The number of pyridine rings is 1. The van der Waals surface area contributed by atoms with Crippen LogP contribution in [0.3, 0.4) is 0 Å². The van der Waals surface area contributed by atoms with Gasteiger partial charge in [-0.05, 0) is 118 Å². The zero-order valence-corrected chi connectivity index (χ0v) is 39.4. The number of piperazine rings is 1. The summed E-state index contributed by atoms with van der Waals surface area (Å²) in [5, 5.41) is 24.8. The molecule has 18 heteroatoms. The van der Waals surface area contributed by atoms with E-state index in [0.29, 0.717) is 67.0 Å². The molecule has 3 N–H and O–H groups in total. The number of imide groups is 1. The number of likely N-dealkylation sites (tertiary alicyclic amines) is 1. The highest BCUT2D eigenvalue weighted by Gasteiger charge is 2.46. The molecule has 5 fully saturated rings. The highest BCUT2D eigenvalue weighted by atomic mass is 35.5. The maximum Gasteiger partial charge on any atom is 0.319 e. The second-order valence-corrected chi connectivity index (χ2v) is 20.9. The lowest BCUT2D eigenvalue weighted by molar-refractivity contribution is -0.136. The normalized spacial score (nSPS) is 23.5. The third-order valence-electron chi connectivity index (χ3n) is 15.4. The van der Waals surface area contributed by atoms with Gasteiger partial charge in [-0.25, -0.2) is 8.78 Å². The molecular weight excluding hydrogens is 908 g/mol.